The molecule has 1 aliphatic heterocycles. The first-order valence-corrected chi connectivity index (χ1v) is 4.15. The zero-order valence-electron chi connectivity index (χ0n) is 8.07. The summed E-state index contributed by atoms with van der Waals surface area (Å²) >= 11 is 0. The van der Waals surface area contributed by atoms with Crippen LogP contribution in [-0.4, -0.2) is 24.7 Å². The highest BCUT2D eigenvalue weighted by Crippen LogP contribution is 2.11. The van der Waals surface area contributed by atoms with Crippen LogP contribution in [0.25, 0.3) is 0 Å². The first-order valence-electron chi connectivity index (χ1n) is 4.15. The minimum Gasteiger partial charge on any atom is -0.428 e. The van der Waals surface area contributed by atoms with Crippen LogP contribution in [0.2, 0.25) is 0 Å². The van der Waals surface area contributed by atoms with Crippen LogP contribution in [0.15, 0.2) is 12.2 Å². The van der Waals surface area contributed by atoms with Gasteiger partial charge in [0, 0.05) is 0 Å². The average Bonchev–Trinajstić information content (AvgIpc) is 2.34. The summed E-state index contributed by atoms with van der Waals surface area (Å²) in [7, 11) is 0. The maximum Gasteiger partial charge on any atom is 0.511 e. The van der Waals surface area contributed by atoms with Crippen LogP contribution in [0.5, 0.6) is 0 Å². The second-order valence-electron chi connectivity index (χ2n) is 3.71. The fourth-order valence-corrected chi connectivity index (χ4v) is 0.815. The third kappa shape index (κ3) is 3.94. The van der Waals surface area contributed by atoms with E-state index in [0.717, 1.165) is 0 Å². The van der Waals surface area contributed by atoms with Gasteiger partial charge < -0.3 is 14.2 Å². The van der Waals surface area contributed by atoms with Crippen LogP contribution >= 0.6 is 0 Å². The Bertz CT molecular complexity index is 214. The summed E-state index contributed by atoms with van der Waals surface area (Å²) < 4.78 is 14.7. The normalized spacial score (nSPS) is 21.6. The van der Waals surface area contributed by atoms with Gasteiger partial charge in [-0.15, -0.1) is 0 Å². The Labute approximate surface area is 77.5 Å². The van der Waals surface area contributed by atoms with Crippen molar-refractivity contribution in [3.05, 3.63) is 12.2 Å². The Balaban J connectivity index is 2.29. The molecule has 0 aliphatic carbocycles. The van der Waals surface area contributed by atoms with Gasteiger partial charge in [-0.25, -0.2) is 4.79 Å². The summed E-state index contributed by atoms with van der Waals surface area (Å²) in [6.45, 7) is 5.81. The molecule has 0 aromatic rings. The topological polar surface area (TPSA) is 44.8 Å². The number of rotatable bonds is 1. The molecule has 0 saturated heterocycles. The predicted octanol–water partition coefficient (Wildman–Crippen LogP) is 1.85. The van der Waals surface area contributed by atoms with Crippen LogP contribution < -0.4 is 0 Å². The molecule has 4 heteroatoms. The van der Waals surface area contributed by atoms with Crippen LogP contribution in [0, 0.1) is 0 Å². The van der Waals surface area contributed by atoms with Gasteiger partial charge >= 0.3 is 6.16 Å². The number of ether oxygens (including phenoxy) is 3. The van der Waals surface area contributed by atoms with Gasteiger partial charge in [0.15, 0.2) is 0 Å². The van der Waals surface area contributed by atoms with Crippen molar-refractivity contribution in [2.45, 2.75) is 32.7 Å². The largest absolute Gasteiger partial charge is 0.511 e. The average molecular weight is 186 g/mol. The Morgan fingerprint density at radius 2 is 2.23 bits per heavy atom. The summed E-state index contributed by atoms with van der Waals surface area (Å²) in [5.41, 5.74) is -0.528. The molecule has 1 unspecified atom stereocenters. The number of hydrogen-bond acceptors (Lipinski definition) is 4. The lowest BCUT2D eigenvalue weighted by Crippen LogP contribution is -2.27. The highest BCUT2D eigenvalue weighted by atomic mass is 16.8. The van der Waals surface area contributed by atoms with E-state index in [4.69, 9.17) is 14.2 Å². The lowest BCUT2D eigenvalue weighted by atomic mass is 10.2. The van der Waals surface area contributed by atoms with Crippen molar-refractivity contribution in [3.63, 3.8) is 0 Å². The third-order valence-corrected chi connectivity index (χ3v) is 1.25. The Hall–Kier alpha value is -1.03. The fourth-order valence-electron chi connectivity index (χ4n) is 0.815. The van der Waals surface area contributed by atoms with Crippen molar-refractivity contribution in [2.24, 2.45) is 0 Å². The smallest absolute Gasteiger partial charge is 0.428 e. The van der Waals surface area contributed by atoms with Gasteiger partial charge in [-0.3, -0.25) is 0 Å². The molecular weight excluding hydrogens is 172 g/mol. The molecule has 0 fully saturated rings. The molecule has 0 amide bonds. The van der Waals surface area contributed by atoms with Crippen molar-refractivity contribution >= 4 is 6.16 Å². The Morgan fingerprint density at radius 3 is 2.69 bits per heavy atom. The van der Waals surface area contributed by atoms with Crippen LogP contribution in [0.4, 0.5) is 4.79 Å². The van der Waals surface area contributed by atoms with Crippen LogP contribution in [-0.2, 0) is 14.2 Å². The summed E-state index contributed by atoms with van der Waals surface area (Å²) in [4.78, 5) is 11.1. The first-order chi connectivity index (χ1) is 5.97. The van der Waals surface area contributed by atoms with Crippen molar-refractivity contribution in [2.75, 3.05) is 6.61 Å². The molecule has 13 heavy (non-hydrogen) atoms. The van der Waals surface area contributed by atoms with Gasteiger partial charge in [0.05, 0.1) is 6.61 Å². The van der Waals surface area contributed by atoms with E-state index in [-0.39, 0.29) is 0 Å². The summed E-state index contributed by atoms with van der Waals surface area (Å²) in [5.74, 6) is 0. The zero-order chi connectivity index (χ0) is 9.90. The van der Waals surface area contributed by atoms with Crippen LogP contribution in [0.1, 0.15) is 20.8 Å². The standard InChI is InChI=1S/C9H14O4/c1-9(2,3)13-8(10)12-7-5-4-6-11-7/h4-5,7H,6H2,1-3H3. The number of hydrogen-bond donors (Lipinski definition) is 0. The van der Waals surface area contributed by atoms with Crippen molar-refractivity contribution in [1.82, 2.24) is 0 Å². The first kappa shape index (κ1) is 10.1. The molecule has 0 saturated carbocycles. The van der Waals surface area contributed by atoms with E-state index < -0.39 is 18.0 Å². The molecule has 1 heterocycles. The van der Waals surface area contributed by atoms with E-state index in [1.54, 1.807) is 32.9 Å². The molecule has 4 nitrogen and oxygen atoms in total. The summed E-state index contributed by atoms with van der Waals surface area (Å²) in [6, 6.07) is 0. The highest BCUT2D eigenvalue weighted by Gasteiger charge is 2.21. The van der Waals surface area contributed by atoms with Gasteiger partial charge in [-0.1, -0.05) is 6.08 Å². The minimum atomic E-state index is -0.705. The zero-order valence-corrected chi connectivity index (χ0v) is 8.07. The van der Waals surface area contributed by atoms with Gasteiger partial charge in [0.1, 0.15) is 5.60 Å². The molecule has 0 radical (unpaired) electrons. The fraction of sp³-hybridized carbons (Fsp3) is 0.667. The highest BCUT2D eigenvalue weighted by molar-refractivity contribution is 5.60. The predicted molar refractivity (Wildman–Crippen MR) is 46.2 cm³/mol. The molecule has 0 aromatic heterocycles. The van der Waals surface area contributed by atoms with E-state index in [1.807, 2.05) is 0 Å². The number of carbonyl (C=O) groups excluding carboxylic acids is 1. The molecule has 1 atom stereocenters. The third-order valence-electron chi connectivity index (χ3n) is 1.25. The number of carbonyl (C=O) groups is 1. The summed E-state index contributed by atoms with van der Waals surface area (Å²) in [5, 5.41) is 0. The molecule has 1 aliphatic rings. The van der Waals surface area contributed by atoms with Gasteiger partial charge in [-0.2, -0.15) is 0 Å². The van der Waals surface area contributed by atoms with Crippen molar-refractivity contribution in [1.29, 1.82) is 0 Å². The monoisotopic (exact) mass is 186 g/mol. The van der Waals surface area contributed by atoms with Gasteiger partial charge in [0.25, 0.3) is 0 Å². The second kappa shape index (κ2) is 3.79. The maximum absolute atomic E-state index is 11.1. The SMILES string of the molecule is CC(C)(C)OC(=O)OC1C=CCO1. The van der Waals surface area contributed by atoms with E-state index >= 15 is 0 Å². The lowest BCUT2D eigenvalue weighted by Gasteiger charge is -2.20. The molecule has 0 N–H and O–H groups in total. The lowest BCUT2D eigenvalue weighted by molar-refractivity contribution is -0.0933. The van der Waals surface area contributed by atoms with E-state index in [0.29, 0.717) is 6.61 Å². The minimum absolute atomic E-state index is 0.480. The second-order valence-corrected chi connectivity index (χ2v) is 3.71. The van der Waals surface area contributed by atoms with E-state index in [9.17, 15) is 4.79 Å². The maximum atomic E-state index is 11.1. The molecule has 0 spiro atoms. The quantitative estimate of drug-likeness (QED) is 0.463. The van der Waals surface area contributed by atoms with Crippen molar-refractivity contribution < 1.29 is 19.0 Å². The molecular formula is C9H14O4. The Kier molecular flexibility index (Phi) is 2.93. The van der Waals surface area contributed by atoms with E-state index in [1.165, 1.54) is 0 Å². The van der Waals surface area contributed by atoms with Crippen molar-refractivity contribution in [3.8, 4) is 0 Å². The van der Waals surface area contributed by atoms with Gasteiger partial charge in [0.2, 0.25) is 6.29 Å². The molecule has 1 rings (SSSR count). The Morgan fingerprint density at radius 1 is 1.54 bits per heavy atom. The van der Waals surface area contributed by atoms with E-state index in [2.05, 4.69) is 0 Å². The molecule has 0 aromatic carbocycles. The molecule has 0 bridgehead atoms. The van der Waals surface area contributed by atoms with Gasteiger partial charge in [-0.05, 0) is 26.8 Å². The molecule has 74 valence electrons. The summed E-state index contributed by atoms with van der Waals surface area (Å²) in [6.07, 6.45) is 2.16. The van der Waals surface area contributed by atoms with Crippen LogP contribution in [0.3, 0.4) is 0 Å².